The molecule has 9 heteroatoms. The summed E-state index contributed by atoms with van der Waals surface area (Å²) in [6, 6.07) is 15.6. The Morgan fingerprint density at radius 2 is 1.97 bits per heavy atom. The number of hydrogen-bond acceptors (Lipinski definition) is 6. The van der Waals surface area contributed by atoms with Crippen molar-refractivity contribution in [1.29, 1.82) is 0 Å². The lowest BCUT2D eigenvalue weighted by molar-refractivity contribution is -0.384. The van der Waals surface area contributed by atoms with Gasteiger partial charge in [0.1, 0.15) is 12.0 Å². The zero-order valence-corrected chi connectivity index (χ0v) is 17.7. The average Bonchev–Trinajstić information content (AvgIpc) is 3.28. The third kappa shape index (κ3) is 4.31. The van der Waals surface area contributed by atoms with Crippen molar-refractivity contribution in [3.05, 3.63) is 87.9 Å². The molecule has 1 N–H and O–H groups in total. The molecular weight excluding hydrogens is 408 g/mol. The van der Waals surface area contributed by atoms with Gasteiger partial charge >= 0.3 is 0 Å². The van der Waals surface area contributed by atoms with Gasteiger partial charge in [0.25, 0.3) is 17.4 Å². The van der Waals surface area contributed by atoms with Gasteiger partial charge in [-0.3, -0.25) is 14.9 Å². The summed E-state index contributed by atoms with van der Waals surface area (Å²) in [5.74, 6) is -0.115. The van der Waals surface area contributed by atoms with Crippen LogP contribution in [-0.2, 0) is 6.42 Å². The van der Waals surface area contributed by atoms with Crippen molar-refractivity contribution in [2.75, 3.05) is 0 Å². The maximum Gasteiger partial charge on any atom is 0.270 e. The minimum Gasteiger partial charge on any atom is -0.344 e. The first-order valence-corrected chi connectivity index (χ1v) is 10.3. The Labute approximate surface area is 184 Å². The minimum atomic E-state index is -0.472. The van der Waals surface area contributed by atoms with Gasteiger partial charge in [-0.1, -0.05) is 49.7 Å². The molecule has 0 bridgehead atoms. The van der Waals surface area contributed by atoms with Crippen molar-refractivity contribution in [3.8, 4) is 11.3 Å². The number of carbonyl (C=O) groups is 1. The van der Waals surface area contributed by atoms with E-state index in [0.29, 0.717) is 11.3 Å². The van der Waals surface area contributed by atoms with Gasteiger partial charge in [-0.05, 0) is 30.5 Å². The predicted molar refractivity (Wildman–Crippen MR) is 119 cm³/mol. The van der Waals surface area contributed by atoms with Crippen LogP contribution < -0.4 is 5.32 Å². The number of nitro groups is 1. The van der Waals surface area contributed by atoms with E-state index in [-0.39, 0.29) is 29.1 Å². The lowest BCUT2D eigenvalue weighted by Gasteiger charge is -2.15. The molecule has 0 radical (unpaired) electrons. The Kier molecular flexibility index (Phi) is 5.89. The molecule has 4 aromatic rings. The van der Waals surface area contributed by atoms with E-state index in [4.69, 9.17) is 0 Å². The SMILES string of the molecule is CCCc1ccc([C@@H](C)NC(=O)c2cc(-c3cccc([N+](=O)[O-])c3)nc3ncnn23)cc1. The summed E-state index contributed by atoms with van der Waals surface area (Å²) < 4.78 is 1.35. The molecular formula is C23H22N6O3. The molecule has 0 unspecified atom stereocenters. The van der Waals surface area contributed by atoms with Crippen LogP contribution in [0.25, 0.3) is 17.0 Å². The molecule has 2 aromatic carbocycles. The van der Waals surface area contributed by atoms with Gasteiger partial charge in [-0.25, -0.2) is 4.98 Å². The maximum absolute atomic E-state index is 13.1. The fraction of sp³-hybridized carbons (Fsp3) is 0.217. The number of carbonyl (C=O) groups excluding carboxylic acids is 1. The van der Waals surface area contributed by atoms with Crippen LogP contribution in [-0.4, -0.2) is 30.4 Å². The Hall–Kier alpha value is -4.14. The summed E-state index contributed by atoms with van der Waals surface area (Å²) in [5.41, 5.74) is 3.34. The normalized spacial score (nSPS) is 11.9. The average molecular weight is 430 g/mol. The number of rotatable bonds is 7. The summed E-state index contributed by atoms with van der Waals surface area (Å²) in [6.07, 6.45) is 3.41. The zero-order chi connectivity index (χ0) is 22.7. The van der Waals surface area contributed by atoms with E-state index < -0.39 is 4.92 Å². The molecule has 2 aromatic heterocycles. The first-order valence-electron chi connectivity index (χ1n) is 10.3. The molecule has 4 rings (SSSR count). The summed E-state index contributed by atoms with van der Waals surface area (Å²) in [7, 11) is 0. The Morgan fingerprint density at radius 1 is 1.19 bits per heavy atom. The van der Waals surface area contributed by atoms with Crippen molar-refractivity contribution in [1.82, 2.24) is 24.9 Å². The summed E-state index contributed by atoms with van der Waals surface area (Å²) in [6.45, 7) is 4.05. The molecule has 0 saturated heterocycles. The largest absolute Gasteiger partial charge is 0.344 e. The number of fused-ring (bicyclic) bond motifs is 1. The van der Waals surface area contributed by atoms with Crippen molar-refractivity contribution in [2.45, 2.75) is 32.7 Å². The second kappa shape index (κ2) is 8.93. The molecule has 0 saturated carbocycles. The molecule has 9 nitrogen and oxygen atoms in total. The molecule has 0 aliphatic carbocycles. The van der Waals surface area contributed by atoms with Crippen LogP contribution >= 0.6 is 0 Å². The van der Waals surface area contributed by atoms with E-state index in [0.717, 1.165) is 18.4 Å². The van der Waals surface area contributed by atoms with Crippen LogP contribution in [0.5, 0.6) is 0 Å². The van der Waals surface area contributed by atoms with Gasteiger partial charge in [0.05, 0.1) is 16.7 Å². The third-order valence-corrected chi connectivity index (χ3v) is 5.20. The van der Waals surface area contributed by atoms with E-state index in [9.17, 15) is 14.9 Å². The lowest BCUT2D eigenvalue weighted by Crippen LogP contribution is -2.28. The van der Waals surface area contributed by atoms with E-state index in [1.807, 2.05) is 19.1 Å². The highest BCUT2D eigenvalue weighted by molar-refractivity contribution is 5.94. The van der Waals surface area contributed by atoms with Crippen molar-refractivity contribution < 1.29 is 9.72 Å². The topological polar surface area (TPSA) is 115 Å². The summed E-state index contributed by atoms with van der Waals surface area (Å²) in [4.78, 5) is 32.3. The molecule has 0 fully saturated rings. The lowest BCUT2D eigenvalue weighted by atomic mass is 10.0. The fourth-order valence-electron chi connectivity index (χ4n) is 3.52. The van der Waals surface area contributed by atoms with Crippen LogP contribution in [0.1, 0.15) is 47.9 Å². The van der Waals surface area contributed by atoms with Crippen molar-refractivity contribution >= 4 is 17.4 Å². The van der Waals surface area contributed by atoms with Gasteiger partial charge in [0.15, 0.2) is 0 Å². The van der Waals surface area contributed by atoms with Crippen LogP contribution in [0.2, 0.25) is 0 Å². The highest BCUT2D eigenvalue weighted by atomic mass is 16.6. The van der Waals surface area contributed by atoms with E-state index >= 15 is 0 Å². The zero-order valence-electron chi connectivity index (χ0n) is 17.7. The number of hydrogen-bond donors (Lipinski definition) is 1. The van der Waals surface area contributed by atoms with Gasteiger partial charge in [0, 0.05) is 17.7 Å². The van der Waals surface area contributed by atoms with Crippen molar-refractivity contribution in [3.63, 3.8) is 0 Å². The highest BCUT2D eigenvalue weighted by Gasteiger charge is 2.19. The number of aromatic nitrogens is 4. The quantitative estimate of drug-likeness (QED) is 0.348. The first-order chi connectivity index (χ1) is 15.5. The Bertz CT molecular complexity index is 1280. The molecule has 2 heterocycles. The van der Waals surface area contributed by atoms with Crippen molar-refractivity contribution in [2.24, 2.45) is 0 Å². The van der Waals surface area contributed by atoms with Crippen LogP contribution in [0.3, 0.4) is 0 Å². The number of nitrogens with zero attached hydrogens (tertiary/aromatic N) is 5. The number of non-ortho nitro benzene ring substituents is 1. The van der Waals surface area contributed by atoms with E-state index in [1.165, 1.54) is 28.5 Å². The van der Waals surface area contributed by atoms with E-state index in [2.05, 4.69) is 39.4 Å². The maximum atomic E-state index is 13.1. The molecule has 0 aliphatic rings. The molecule has 162 valence electrons. The predicted octanol–water partition coefficient (Wildman–Crippen LogP) is 4.14. The smallest absolute Gasteiger partial charge is 0.270 e. The van der Waals surface area contributed by atoms with Crippen LogP contribution in [0, 0.1) is 10.1 Å². The number of benzene rings is 2. The molecule has 32 heavy (non-hydrogen) atoms. The van der Waals surface area contributed by atoms with E-state index in [1.54, 1.807) is 18.2 Å². The number of nitrogens with one attached hydrogen (secondary N) is 1. The first kappa shape index (κ1) is 21.1. The molecule has 1 atom stereocenters. The van der Waals surface area contributed by atoms with Gasteiger partial charge < -0.3 is 5.32 Å². The van der Waals surface area contributed by atoms with Crippen LogP contribution in [0.15, 0.2) is 60.9 Å². The molecule has 0 spiro atoms. The highest BCUT2D eigenvalue weighted by Crippen LogP contribution is 2.24. The monoisotopic (exact) mass is 430 g/mol. The summed E-state index contributed by atoms with van der Waals surface area (Å²) >= 11 is 0. The Morgan fingerprint density at radius 3 is 2.69 bits per heavy atom. The van der Waals surface area contributed by atoms with Gasteiger partial charge in [0.2, 0.25) is 0 Å². The van der Waals surface area contributed by atoms with Crippen LogP contribution in [0.4, 0.5) is 5.69 Å². The third-order valence-electron chi connectivity index (χ3n) is 5.20. The molecule has 0 aliphatic heterocycles. The second-order valence-electron chi connectivity index (χ2n) is 7.49. The minimum absolute atomic E-state index is 0.0585. The Balaban J connectivity index is 1.64. The standard InChI is InChI=1S/C23H22N6O3/c1-3-5-16-8-10-17(11-9-16)15(2)26-22(30)21-13-20(27-23-24-14-25-28(21)23)18-6-4-7-19(12-18)29(31)32/h4,6-15H,3,5H2,1-2H3,(H,26,30)/t15-/m1/s1. The number of nitro benzene ring substituents is 1. The summed E-state index contributed by atoms with van der Waals surface area (Å²) in [5, 5.41) is 18.2. The number of aryl methyl sites for hydroxylation is 1. The second-order valence-corrected chi connectivity index (χ2v) is 7.49. The number of amides is 1. The molecule has 1 amide bonds. The fourth-order valence-corrected chi connectivity index (χ4v) is 3.52. The van der Waals surface area contributed by atoms with Gasteiger partial charge in [-0.15, -0.1) is 0 Å². The van der Waals surface area contributed by atoms with Gasteiger partial charge in [-0.2, -0.15) is 14.6 Å².